The van der Waals surface area contributed by atoms with Crippen LogP contribution < -0.4 is 11.3 Å². The molecule has 2 aromatic rings. The van der Waals surface area contributed by atoms with Gasteiger partial charge in [-0.15, -0.1) is 0 Å². The van der Waals surface area contributed by atoms with Crippen molar-refractivity contribution in [1.82, 2.24) is 24.4 Å². The average molecular weight is 338 g/mol. The second kappa shape index (κ2) is 5.94. The normalized spacial score (nSPS) is 27.2. The minimum atomic E-state index is -1.40. The van der Waals surface area contributed by atoms with Crippen molar-refractivity contribution >= 4 is 22.9 Å². The number of aliphatic hydroxyl groups is 2. The maximum absolute atomic E-state index is 12.1. The van der Waals surface area contributed by atoms with E-state index in [1.54, 1.807) is 19.0 Å². The molecule has 0 radical (unpaired) electrons. The van der Waals surface area contributed by atoms with E-state index in [9.17, 15) is 19.8 Å². The second-order valence-electron chi connectivity index (χ2n) is 5.91. The molecule has 130 valence electrons. The Morgan fingerprint density at radius 1 is 1.46 bits per heavy atom. The lowest BCUT2D eigenvalue weighted by Gasteiger charge is -2.16. The van der Waals surface area contributed by atoms with E-state index in [0.717, 1.165) is 0 Å². The van der Waals surface area contributed by atoms with Crippen LogP contribution in [0.25, 0.3) is 11.2 Å². The Morgan fingerprint density at radius 3 is 2.83 bits per heavy atom. The van der Waals surface area contributed by atoms with E-state index in [4.69, 9.17) is 10.5 Å². The van der Waals surface area contributed by atoms with Gasteiger partial charge in [0.05, 0.1) is 12.9 Å². The number of aromatic amines is 1. The van der Waals surface area contributed by atoms with Gasteiger partial charge in [0.1, 0.15) is 18.3 Å². The Bertz CT molecular complexity index is 830. The van der Waals surface area contributed by atoms with E-state index in [-0.39, 0.29) is 29.4 Å². The van der Waals surface area contributed by atoms with E-state index in [2.05, 4.69) is 15.0 Å². The number of hydrogen-bond acceptors (Lipinski definition) is 9. The third-order valence-corrected chi connectivity index (χ3v) is 3.75. The molecule has 0 unspecified atom stereocenters. The first-order valence-corrected chi connectivity index (χ1v) is 7.21. The van der Waals surface area contributed by atoms with Gasteiger partial charge in [0, 0.05) is 0 Å². The Morgan fingerprint density at radius 2 is 2.17 bits per heavy atom. The van der Waals surface area contributed by atoms with Crippen LogP contribution in [-0.4, -0.2) is 79.4 Å². The van der Waals surface area contributed by atoms with E-state index in [0.29, 0.717) is 0 Å². The van der Waals surface area contributed by atoms with Gasteiger partial charge in [0.25, 0.3) is 5.56 Å². The summed E-state index contributed by atoms with van der Waals surface area (Å²) in [5.41, 5.74) is 5.09. The summed E-state index contributed by atoms with van der Waals surface area (Å²) in [6, 6.07) is 0. The molecule has 0 aromatic carbocycles. The molecule has 1 fully saturated rings. The first-order valence-electron chi connectivity index (χ1n) is 7.21. The number of nitrogens with one attached hydrogen (secondary N) is 1. The zero-order valence-corrected chi connectivity index (χ0v) is 13.1. The van der Waals surface area contributed by atoms with Gasteiger partial charge in [-0.1, -0.05) is 0 Å². The molecule has 0 saturated carbocycles. The number of rotatable bonds is 4. The van der Waals surface area contributed by atoms with Crippen molar-refractivity contribution < 1.29 is 19.7 Å². The van der Waals surface area contributed by atoms with Crippen LogP contribution in [0.2, 0.25) is 0 Å². The molecule has 1 saturated heterocycles. The van der Waals surface area contributed by atoms with Crippen LogP contribution in [0.1, 0.15) is 6.23 Å². The highest BCUT2D eigenvalue weighted by Crippen LogP contribution is 2.31. The standard InChI is InChI=1S/C13H18N6O5/c1-18(2)3-5(20)9-7(21)8(22)12(24-9)19-4-15-6-10(19)16-13(14)17-11(6)23/h4,7-9,12,21-22H,3H2,1-2H3,(H3,14,16,17,23)/t7-,8+,9+,12+/m0/s1. The zero-order valence-electron chi connectivity index (χ0n) is 13.1. The number of aliphatic hydroxyl groups excluding tert-OH is 2. The first-order chi connectivity index (χ1) is 11.3. The van der Waals surface area contributed by atoms with Crippen LogP contribution in [0.3, 0.4) is 0 Å². The van der Waals surface area contributed by atoms with Gasteiger partial charge in [0.15, 0.2) is 23.2 Å². The topological polar surface area (TPSA) is 160 Å². The molecule has 3 heterocycles. The number of hydrogen-bond donors (Lipinski definition) is 4. The molecular formula is C13H18N6O5. The summed E-state index contributed by atoms with van der Waals surface area (Å²) in [7, 11) is 3.41. The summed E-state index contributed by atoms with van der Waals surface area (Å²) in [5.74, 6) is -0.494. The zero-order chi connectivity index (χ0) is 17.6. The third kappa shape index (κ3) is 2.67. The van der Waals surface area contributed by atoms with Gasteiger partial charge in [-0.05, 0) is 14.1 Å². The number of H-pyrrole nitrogens is 1. The fourth-order valence-corrected chi connectivity index (χ4v) is 2.69. The summed E-state index contributed by atoms with van der Waals surface area (Å²) in [6.07, 6.45) is -3.86. The number of nitrogens with zero attached hydrogens (tertiary/aromatic N) is 4. The number of ether oxygens (including phenoxy) is 1. The lowest BCUT2D eigenvalue weighted by atomic mass is 10.1. The second-order valence-corrected chi connectivity index (χ2v) is 5.91. The van der Waals surface area contributed by atoms with E-state index in [1.807, 2.05) is 0 Å². The molecule has 24 heavy (non-hydrogen) atoms. The molecule has 0 spiro atoms. The highest BCUT2D eigenvalue weighted by molar-refractivity contribution is 5.86. The van der Waals surface area contributed by atoms with Crippen LogP contribution in [0.15, 0.2) is 11.1 Å². The minimum absolute atomic E-state index is 0.0116. The largest absolute Gasteiger partial charge is 0.387 e. The molecule has 11 heteroatoms. The van der Waals surface area contributed by atoms with E-state index in [1.165, 1.54) is 10.9 Å². The molecule has 0 aliphatic carbocycles. The Balaban J connectivity index is 1.96. The molecule has 3 rings (SSSR count). The number of nitrogens with two attached hydrogens (primary N) is 1. The number of carbonyl (C=O) groups excluding carboxylic acids is 1. The summed E-state index contributed by atoms with van der Waals surface area (Å²) in [6.45, 7) is 0.0523. The van der Waals surface area contributed by atoms with Crippen LogP contribution in [0.4, 0.5) is 5.95 Å². The Hall–Kier alpha value is -2.34. The van der Waals surface area contributed by atoms with E-state index < -0.39 is 30.1 Å². The number of fused-ring (bicyclic) bond motifs is 1. The molecule has 2 aromatic heterocycles. The van der Waals surface area contributed by atoms with Crippen molar-refractivity contribution in [2.75, 3.05) is 26.4 Å². The molecule has 5 N–H and O–H groups in total. The quantitative estimate of drug-likeness (QED) is 0.470. The van der Waals surface area contributed by atoms with Crippen LogP contribution in [0, 0.1) is 0 Å². The molecule has 1 aliphatic rings. The summed E-state index contributed by atoms with van der Waals surface area (Å²) >= 11 is 0. The number of carbonyl (C=O) groups is 1. The van der Waals surface area contributed by atoms with Gasteiger partial charge in [-0.2, -0.15) is 4.98 Å². The Labute approximate surface area is 135 Å². The van der Waals surface area contributed by atoms with E-state index >= 15 is 0 Å². The molecular weight excluding hydrogens is 320 g/mol. The first kappa shape index (κ1) is 16.5. The van der Waals surface area contributed by atoms with Gasteiger partial charge in [-0.25, -0.2) is 4.98 Å². The maximum Gasteiger partial charge on any atom is 0.280 e. The van der Waals surface area contributed by atoms with Gasteiger partial charge in [-0.3, -0.25) is 19.1 Å². The lowest BCUT2D eigenvalue weighted by Crippen LogP contribution is -2.40. The van der Waals surface area contributed by atoms with Crippen LogP contribution in [0.5, 0.6) is 0 Å². The summed E-state index contributed by atoms with van der Waals surface area (Å²) < 4.78 is 6.81. The smallest absolute Gasteiger partial charge is 0.280 e. The van der Waals surface area contributed by atoms with Crippen molar-refractivity contribution in [3.8, 4) is 0 Å². The number of nitrogen functional groups attached to an aromatic ring is 1. The third-order valence-electron chi connectivity index (χ3n) is 3.75. The number of likely N-dealkylation sites (N-methyl/N-ethyl adjacent to an activating group) is 1. The van der Waals surface area contributed by atoms with Crippen molar-refractivity contribution in [2.24, 2.45) is 0 Å². The molecule has 0 bridgehead atoms. The number of ketones is 1. The number of imidazole rings is 1. The average Bonchev–Trinajstić information content (AvgIpc) is 3.01. The van der Waals surface area contributed by atoms with Gasteiger partial charge < -0.3 is 25.6 Å². The number of Topliss-reactive ketones (excluding diaryl/α,β-unsaturated/α-hetero) is 1. The molecule has 1 aliphatic heterocycles. The van der Waals surface area contributed by atoms with Crippen LogP contribution >= 0.6 is 0 Å². The van der Waals surface area contributed by atoms with Crippen molar-refractivity contribution in [2.45, 2.75) is 24.5 Å². The van der Waals surface area contributed by atoms with Crippen molar-refractivity contribution in [3.05, 3.63) is 16.7 Å². The number of anilines is 1. The predicted octanol–water partition coefficient (Wildman–Crippen LogP) is -2.55. The monoisotopic (exact) mass is 338 g/mol. The minimum Gasteiger partial charge on any atom is -0.387 e. The summed E-state index contributed by atoms with van der Waals surface area (Å²) in [4.78, 5) is 35.8. The summed E-state index contributed by atoms with van der Waals surface area (Å²) in [5, 5.41) is 20.4. The number of aromatic nitrogens is 4. The lowest BCUT2D eigenvalue weighted by molar-refractivity contribution is -0.135. The van der Waals surface area contributed by atoms with Crippen LogP contribution in [-0.2, 0) is 9.53 Å². The SMILES string of the molecule is CN(C)CC(=O)[C@H]1O[C@@H](n2cnc3c(=O)[nH]c(N)nc32)[C@H](O)[C@@H]1O. The predicted molar refractivity (Wildman–Crippen MR) is 82.0 cm³/mol. The van der Waals surface area contributed by atoms with Gasteiger partial charge >= 0.3 is 0 Å². The maximum atomic E-state index is 12.1. The highest BCUT2D eigenvalue weighted by atomic mass is 16.6. The molecule has 11 nitrogen and oxygen atoms in total. The van der Waals surface area contributed by atoms with Gasteiger partial charge in [0.2, 0.25) is 5.95 Å². The van der Waals surface area contributed by atoms with Crippen molar-refractivity contribution in [3.63, 3.8) is 0 Å². The fourth-order valence-electron chi connectivity index (χ4n) is 2.69. The molecule has 0 amide bonds. The highest BCUT2D eigenvalue weighted by Gasteiger charge is 2.47. The fraction of sp³-hybridized carbons (Fsp3) is 0.538. The molecule has 4 atom stereocenters. The Kier molecular flexibility index (Phi) is 4.09. The van der Waals surface area contributed by atoms with Crippen molar-refractivity contribution in [1.29, 1.82) is 0 Å².